The fourth-order valence-corrected chi connectivity index (χ4v) is 1.44. The van der Waals surface area contributed by atoms with Gasteiger partial charge in [-0.1, -0.05) is 17.7 Å². The monoisotopic (exact) mass is 176 g/mol. The van der Waals surface area contributed by atoms with Crippen LogP contribution in [0.3, 0.4) is 0 Å². The van der Waals surface area contributed by atoms with Crippen molar-refractivity contribution in [2.45, 2.75) is 0 Å². The second-order valence-electron chi connectivity index (χ2n) is 2.63. The Bertz CT molecular complexity index is 383. The van der Waals surface area contributed by atoms with E-state index in [0.717, 1.165) is 21.4 Å². The van der Waals surface area contributed by atoms with Crippen LogP contribution in [-0.2, 0) is 0 Å². The van der Waals surface area contributed by atoms with Crippen LogP contribution in [0.25, 0.3) is 10.8 Å². The molecule has 1 aromatic heterocycles. The van der Waals surface area contributed by atoms with E-state index >= 15 is 0 Å². The number of hydrogen-bond donors (Lipinski definition) is 0. The molecule has 0 fully saturated rings. The maximum atomic E-state index is 5.97. The van der Waals surface area contributed by atoms with Gasteiger partial charge < -0.3 is 0 Å². The number of hydrogen-bond acceptors (Lipinski definition) is 1. The Hall–Kier alpha value is -1.08. The molecule has 1 aromatic carbocycles. The van der Waals surface area contributed by atoms with Crippen LogP contribution in [0, 0.1) is 6.92 Å². The molecule has 0 saturated carbocycles. The molecular weight excluding hydrogens is 170 g/mol. The molecule has 0 spiro atoms. The van der Waals surface area contributed by atoms with Gasteiger partial charge in [0.15, 0.2) is 0 Å². The summed E-state index contributed by atoms with van der Waals surface area (Å²) in [7, 11) is 0. The van der Waals surface area contributed by atoms with E-state index in [0.29, 0.717) is 0 Å². The van der Waals surface area contributed by atoms with Crippen LogP contribution in [-0.4, -0.2) is 4.98 Å². The number of halogens is 1. The summed E-state index contributed by atoms with van der Waals surface area (Å²) in [6.07, 6.45) is 3.51. The summed E-state index contributed by atoms with van der Waals surface area (Å²) in [6.45, 7) is 3.89. The topological polar surface area (TPSA) is 12.9 Å². The molecule has 1 nitrogen and oxygen atoms in total. The first-order valence-electron chi connectivity index (χ1n) is 3.63. The van der Waals surface area contributed by atoms with E-state index < -0.39 is 0 Å². The second-order valence-corrected chi connectivity index (χ2v) is 3.03. The van der Waals surface area contributed by atoms with E-state index in [-0.39, 0.29) is 0 Å². The van der Waals surface area contributed by atoms with E-state index in [1.807, 2.05) is 18.2 Å². The van der Waals surface area contributed by atoms with Crippen molar-refractivity contribution in [1.29, 1.82) is 0 Å². The van der Waals surface area contributed by atoms with Crippen LogP contribution in [0.4, 0.5) is 0 Å². The number of aromatic nitrogens is 1. The van der Waals surface area contributed by atoms with E-state index in [2.05, 4.69) is 11.9 Å². The summed E-state index contributed by atoms with van der Waals surface area (Å²) in [5.41, 5.74) is 0.961. The van der Waals surface area contributed by atoms with Gasteiger partial charge in [-0.15, -0.1) is 0 Å². The van der Waals surface area contributed by atoms with Crippen molar-refractivity contribution in [3.63, 3.8) is 0 Å². The smallest absolute Gasteiger partial charge is 0.0485 e. The minimum Gasteiger partial charge on any atom is -0.264 e. The van der Waals surface area contributed by atoms with Gasteiger partial charge in [0.2, 0.25) is 0 Å². The number of nitrogens with zero attached hydrogens (tertiary/aromatic N) is 1. The number of benzene rings is 1. The standard InChI is InChI=1S/C10H7ClN/c1-7-2-3-10(11)8-4-5-12-6-9(7)8/h2-6H,1H2. The minimum atomic E-state index is 0.750. The van der Waals surface area contributed by atoms with Crippen molar-refractivity contribution in [3.05, 3.63) is 48.1 Å². The number of fused-ring (bicyclic) bond motifs is 1. The Morgan fingerprint density at radius 1 is 1.17 bits per heavy atom. The molecule has 0 N–H and O–H groups in total. The molecule has 12 heavy (non-hydrogen) atoms. The highest BCUT2D eigenvalue weighted by molar-refractivity contribution is 6.35. The van der Waals surface area contributed by atoms with Gasteiger partial charge in [0, 0.05) is 28.2 Å². The SMILES string of the molecule is [CH2]c1ccc(Cl)c2ccncc12. The lowest BCUT2D eigenvalue weighted by Crippen LogP contribution is -1.80. The summed E-state index contributed by atoms with van der Waals surface area (Å²) < 4.78 is 0. The summed E-state index contributed by atoms with van der Waals surface area (Å²) in [5, 5.41) is 2.78. The van der Waals surface area contributed by atoms with Crippen LogP contribution >= 0.6 is 11.6 Å². The maximum absolute atomic E-state index is 5.97. The Labute approximate surface area is 76.0 Å². The molecular formula is C10H7ClN. The fourth-order valence-electron chi connectivity index (χ4n) is 1.21. The van der Waals surface area contributed by atoms with Crippen molar-refractivity contribution in [3.8, 4) is 0 Å². The first-order valence-corrected chi connectivity index (χ1v) is 4.01. The van der Waals surface area contributed by atoms with Crippen LogP contribution in [0.15, 0.2) is 30.6 Å². The zero-order chi connectivity index (χ0) is 8.55. The van der Waals surface area contributed by atoms with Gasteiger partial charge in [0.25, 0.3) is 0 Å². The van der Waals surface area contributed by atoms with Crippen molar-refractivity contribution < 1.29 is 0 Å². The zero-order valence-corrected chi connectivity index (χ0v) is 7.17. The Kier molecular flexibility index (Phi) is 1.74. The molecule has 1 radical (unpaired) electrons. The summed E-state index contributed by atoms with van der Waals surface area (Å²) in [5.74, 6) is 0. The third-order valence-corrected chi connectivity index (χ3v) is 2.18. The van der Waals surface area contributed by atoms with Gasteiger partial charge in [-0.2, -0.15) is 0 Å². The average Bonchev–Trinajstić information content (AvgIpc) is 2.12. The van der Waals surface area contributed by atoms with Gasteiger partial charge in [0.05, 0.1) is 0 Å². The van der Waals surface area contributed by atoms with Gasteiger partial charge >= 0.3 is 0 Å². The van der Waals surface area contributed by atoms with Crippen molar-refractivity contribution in [1.82, 2.24) is 4.98 Å². The molecule has 59 valence electrons. The first-order chi connectivity index (χ1) is 5.79. The highest BCUT2D eigenvalue weighted by Crippen LogP contribution is 2.24. The highest BCUT2D eigenvalue weighted by atomic mass is 35.5. The minimum absolute atomic E-state index is 0.750. The molecule has 0 aliphatic heterocycles. The molecule has 2 rings (SSSR count). The average molecular weight is 177 g/mol. The molecule has 0 aliphatic carbocycles. The van der Waals surface area contributed by atoms with Crippen molar-refractivity contribution >= 4 is 22.4 Å². The van der Waals surface area contributed by atoms with Crippen LogP contribution in [0.2, 0.25) is 5.02 Å². The largest absolute Gasteiger partial charge is 0.264 e. The lowest BCUT2D eigenvalue weighted by atomic mass is 10.1. The lowest BCUT2D eigenvalue weighted by molar-refractivity contribution is 1.36. The zero-order valence-electron chi connectivity index (χ0n) is 6.42. The van der Waals surface area contributed by atoms with Gasteiger partial charge in [-0.05, 0) is 24.6 Å². The fraction of sp³-hybridized carbons (Fsp3) is 0. The van der Waals surface area contributed by atoms with Crippen molar-refractivity contribution in [2.75, 3.05) is 0 Å². The Morgan fingerprint density at radius 3 is 2.75 bits per heavy atom. The van der Waals surface area contributed by atoms with E-state index in [4.69, 9.17) is 11.6 Å². The molecule has 1 heterocycles. The third kappa shape index (κ3) is 1.07. The number of pyridine rings is 1. The molecule has 2 heteroatoms. The second kappa shape index (κ2) is 2.76. The first kappa shape index (κ1) is 7.56. The van der Waals surface area contributed by atoms with Crippen LogP contribution < -0.4 is 0 Å². The lowest BCUT2D eigenvalue weighted by Gasteiger charge is -2.01. The van der Waals surface area contributed by atoms with Gasteiger partial charge in [-0.25, -0.2) is 0 Å². The van der Waals surface area contributed by atoms with Crippen molar-refractivity contribution in [2.24, 2.45) is 0 Å². The molecule has 0 bridgehead atoms. The number of rotatable bonds is 0. The van der Waals surface area contributed by atoms with Gasteiger partial charge in [-0.3, -0.25) is 4.98 Å². The predicted molar refractivity (Wildman–Crippen MR) is 51.2 cm³/mol. The summed E-state index contributed by atoms with van der Waals surface area (Å²) in [4.78, 5) is 4.02. The molecule has 0 atom stereocenters. The third-order valence-electron chi connectivity index (χ3n) is 1.86. The Balaban J connectivity index is 2.95. The summed E-state index contributed by atoms with van der Waals surface area (Å²) in [6, 6.07) is 5.64. The molecule has 2 aromatic rings. The Morgan fingerprint density at radius 2 is 2.00 bits per heavy atom. The van der Waals surface area contributed by atoms with Crippen LogP contribution in [0.5, 0.6) is 0 Å². The maximum Gasteiger partial charge on any atom is 0.0485 e. The molecule has 0 aliphatic rings. The molecule has 0 unspecified atom stereocenters. The van der Waals surface area contributed by atoms with E-state index in [9.17, 15) is 0 Å². The quantitative estimate of drug-likeness (QED) is 0.601. The predicted octanol–water partition coefficient (Wildman–Crippen LogP) is 3.07. The molecule has 0 saturated heterocycles. The van der Waals surface area contributed by atoms with E-state index in [1.165, 1.54) is 0 Å². The molecule has 0 amide bonds. The van der Waals surface area contributed by atoms with Gasteiger partial charge in [0.1, 0.15) is 0 Å². The highest BCUT2D eigenvalue weighted by Gasteiger charge is 1.99. The normalized spacial score (nSPS) is 10.5. The van der Waals surface area contributed by atoms with Crippen LogP contribution in [0.1, 0.15) is 5.56 Å². The summed E-state index contributed by atoms with van der Waals surface area (Å²) >= 11 is 5.97. The van der Waals surface area contributed by atoms with E-state index in [1.54, 1.807) is 12.4 Å².